The zero-order chi connectivity index (χ0) is 9.68. The van der Waals surface area contributed by atoms with Crippen molar-refractivity contribution >= 4 is 11.5 Å². The maximum Gasteiger partial charge on any atom is 0.158 e. The van der Waals surface area contributed by atoms with E-state index in [1.54, 1.807) is 0 Å². The van der Waals surface area contributed by atoms with Crippen LogP contribution in [-0.4, -0.2) is 17.6 Å². The van der Waals surface area contributed by atoms with Crippen molar-refractivity contribution in [1.82, 2.24) is 0 Å². The van der Waals surface area contributed by atoms with Crippen molar-refractivity contribution in [2.45, 2.75) is 6.92 Å². The lowest BCUT2D eigenvalue weighted by molar-refractivity contribution is 0.317. The predicted octanol–water partition coefficient (Wildman–Crippen LogP) is 1.15. The number of aryl methyl sites for hydroxylation is 1. The molecular weight excluding hydrogens is 166 g/mol. The van der Waals surface area contributed by atoms with Crippen molar-refractivity contribution in [3.05, 3.63) is 29.8 Å². The maximum absolute atomic E-state index is 8.29. The normalized spacial score (nSPS) is 11.3. The molecule has 0 aliphatic heterocycles. The van der Waals surface area contributed by atoms with Crippen LogP contribution >= 0.6 is 0 Å². The second kappa shape index (κ2) is 4.35. The summed E-state index contributed by atoms with van der Waals surface area (Å²) in [6.45, 7) is 2.36. The van der Waals surface area contributed by atoms with Gasteiger partial charge in [-0.25, -0.2) is 0 Å². The third-order valence-electron chi connectivity index (χ3n) is 1.62. The van der Waals surface area contributed by atoms with E-state index >= 15 is 0 Å². The summed E-state index contributed by atoms with van der Waals surface area (Å²) in [5.74, 6) is 0.168. The monoisotopic (exact) mass is 179 g/mol. The summed E-state index contributed by atoms with van der Waals surface area (Å²) in [7, 11) is 0. The SMILES string of the molecule is Cc1cccc(NC/C(N)=N/O)c1. The van der Waals surface area contributed by atoms with Gasteiger partial charge < -0.3 is 16.3 Å². The molecule has 0 spiro atoms. The van der Waals surface area contributed by atoms with Crippen molar-refractivity contribution in [2.24, 2.45) is 10.9 Å². The molecule has 13 heavy (non-hydrogen) atoms. The average molecular weight is 179 g/mol. The minimum atomic E-state index is 0.168. The molecule has 0 atom stereocenters. The Hall–Kier alpha value is -1.71. The number of amidine groups is 1. The number of benzene rings is 1. The first-order valence-electron chi connectivity index (χ1n) is 3.99. The molecule has 0 amide bonds. The molecule has 1 rings (SSSR count). The number of oxime groups is 1. The highest BCUT2D eigenvalue weighted by molar-refractivity contribution is 5.84. The van der Waals surface area contributed by atoms with Crippen LogP contribution in [0.1, 0.15) is 5.56 Å². The smallest absolute Gasteiger partial charge is 0.158 e. The van der Waals surface area contributed by atoms with Gasteiger partial charge in [-0.2, -0.15) is 0 Å². The molecule has 0 aliphatic carbocycles. The van der Waals surface area contributed by atoms with E-state index < -0.39 is 0 Å². The Kier molecular flexibility index (Phi) is 3.14. The van der Waals surface area contributed by atoms with Gasteiger partial charge in [0.05, 0.1) is 6.54 Å². The molecule has 0 saturated heterocycles. The zero-order valence-corrected chi connectivity index (χ0v) is 7.49. The molecule has 0 bridgehead atoms. The van der Waals surface area contributed by atoms with Crippen molar-refractivity contribution in [3.8, 4) is 0 Å². The molecular formula is C9H13N3O. The maximum atomic E-state index is 8.29. The fourth-order valence-corrected chi connectivity index (χ4v) is 0.983. The molecule has 0 saturated carbocycles. The second-order valence-electron chi connectivity index (χ2n) is 2.81. The number of anilines is 1. The highest BCUT2D eigenvalue weighted by Crippen LogP contribution is 2.08. The average Bonchev–Trinajstić information content (AvgIpc) is 2.14. The van der Waals surface area contributed by atoms with Gasteiger partial charge >= 0.3 is 0 Å². The third-order valence-corrected chi connectivity index (χ3v) is 1.62. The largest absolute Gasteiger partial charge is 0.409 e. The molecule has 4 N–H and O–H groups in total. The van der Waals surface area contributed by atoms with Gasteiger partial charge in [0, 0.05) is 5.69 Å². The van der Waals surface area contributed by atoms with Crippen LogP contribution < -0.4 is 11.1 Å². The number of nitrogens with zero attached hydrogens (tertiary/aromatic N) is 1. The predicted molar refractivity (Wildman–Crippen MR) is 53.1 cm³/mol. The second-order valence-corrected chi connectivity index (χ2v) is 2.81. The summed E-state index contributed by atoms with van der Waals surface area (Å²) in [5.41, 5.74) is 7.43. The first-order valence-corrected chi connectivity index (χ1v) is 3.99. The Labute approximate surface area is 77.1 Å². The number of hydrogen-bond acceptors (Lipinski definition) is 3. The van der Waals surface area contributed by atoms with Gasteiger partial charge in [0.1, 0.15) is 0 Å². The number of rotatable bonds is 3. The topological polar surface area (TPSA) is 70.6 Å². The van der Waals surface area contributed by atoms with E-state index in [2.05, 4.69) is 10.5 Å². The van der Waals surface area contributed by atoms with E-state index in [1.165, 1.54) is 5.56 Å². The molecule has 4 heteroatoms. The minimum absolute atomic E-state index is 0.168. The van der Waals surface area contributed by atoms with Crippen LogP contribution in [-0.2, 0) is 0 Å². The Balaban J connectivity index is 2.55. The van der Waals surface area contributed by atoms with Gasteiger partial charge in [-0.3, -0.25) is 0 Å². The van der Waals surface area contributed by atoms with Gasteiger partial charge in [-0.05, 0) is 24.6 Å². The van der Waals surface area contributed by atoms with Crippen LogP contribution in [0.3, 0.4) is 0 Å². The van der Waals surface area contributed by atoms with Crippen molar-refractivity contribution < 1.29 is 5.21 Å². The van der Waals surface area contributed by atoms with Gasteiger partial charge in [0.15, 0.2) is 5.84 Å². The van der Waals surface area contributed by atoms with Crippen LogP contribution in [0.2, 0.25) is 0 Å². The van der Waals surface area contributed by atoms with Crippen molar-refractivity contribution in [2.75, 3.05) is 11.9 Å². The molecule has 0 unspecified atom stereocenters. The summed E-state index contributed by atoms with van der Waals surface area (Å²) in [6, 6.07) is 7.88. The van der Waals surface area contributed by atoms with Crippen LogP contribution in [0.15, 0.2) is 29.4 Å². The first kappa shape index (κ1) is 9.38. The summed E-state index contributed by atoms with van der Waals surface area (Å²) in [4.78, 5) is 0. The highest BCUT2D eigenvalue weighted by Gasteiger charge is 1.93. The lowest BCUT2D eigenvalue weighted by Crippen LogP contribution is -2.22. The molecule has 4 nitrogen and oxygen atoms in total. The minimum Gasteiger partial charge on any atom is -0.409 e. The highest BCUT2D eigenvalue weighted by atomic mass is 16.4. The number of hydrogen-bond donors (Lipinski definition) is 3. The molecule has 1 aromatic carbocycles. The van der Waals surface area contributed by atoms with Crippen LogP contribution in [0.5, 0.6) is 0 Å². The lowest BCUT2D eigenvalue weighted by atomic mass is 10.2. The van der Waals surface area contributed by atoms with Crippen molar-refractivity contribution in [1.29, 1.82) is 0 Å². The fourth-order valence-electron chi connectivity index (χ4n) is 0.983. The van der Waals surface area contributed by atoms with Gasteiger partial charge in [0.25, 0.3) is 0 Å². The van der Waals surface area contributed by atoms with E-state index in [1.807, 2.05) is 31.2 Å². The lowest BCUT2D eigenvalue weighted by Gasteiger charge is -2.05. The third kappa shape index (κ3) is 3.02. The number of nitrogens with two attached hydrogens (primary N) is 1. The zero-order valence-electron chi connectivity index (χ0n) is 7.49. The van der Waals surface area contributed by atoms with Crippen LogP contribution in [0.25, 0.3) is 0 Å². The standard InChI is InChI=1S/C9H13N3O/c1-7-3-2-4-8(5-7)11-6-9(10)12-13/h2-5,11,13H,6H2,1H3,(H2,10,12). The Bertz CT molecular complexity index is 309. The molecule has 1 aromatic rings. The van der Waals surface area contributed by atoms with Gasteiger partial charge in [0.2, 0.25) is 0 Å². The molecule has 0 fully saturated rings. The molecule has 0 aliphatic rings. The van der Waals surface area contributed by atoms with Crippen molar-refractivity contribution in [3.63, 3.8) is 0 Å². The number of nitrogens with one attached hydrogen (secondary N) is 1. The van der Waals surface area contributed by atoms with E-state index in [-0.39, 0.29) is 5.84 Å². The fraction of sp³-hybridized carbons (Fsp3) is 0.222. The van der Waals surface area contributed by atoms with E-state index in [4.69, 9.17) is 10.9 Å². The summed E-state index contributed by atoms with van der Waals surface area (Å²) >= 11 is 0. The molecule has 0 aromatic heterocycles. The quantitative estimate of drug-likeness (QED) is 0.282. The Morgan fingerprint density at radius 3 is 3.00 bits per heavy atom. The summed E-state index contributed by atoms with van der Waals surface area (Å²) in [5, 5.41) is 14.2. The van der Waals surface area contributed by atoms with Gasteiger partial charge in [-0.15, -0.1) is 0 Å². The molecule has 70 valence electrons. The summed E-state index contributed by atoms with van der Waals surface area (Å²) in [6.07, 6.45) is 0. The first-order chi connectivity index (χ1) is 6.22. The molecule has 0 heterocycles. The van der Waals surface area contributed by atoms with E-state index in [9.17, 15) is 0 Å². The van der Waals surface area contributed by atoms with E-state index in [0.717, 1.165) is 5.69 Å². The van der Waals surface area contributed by atoms with E-state index in [0.29, 0.717) is 6.54 Å². The van der Waals surface area contributed by atoms with Crippen LogP contribution in [0, 0.1) is 6.92 Å². The molecule has 0 radical (unpaired) electrons. The Morgan fingerprint density at radius 1 is 1.62 bits per heavy atom. The van der Waals surface area contributed by atoms with Gasteiger partial charge in [-0.1, -0.05) is 17.3 Å². The summed E-state index contributed by atoms with van der Waals surface area (Å²) < 4.78 is 0. The Morgan fingerprint density at radius 2 is 2.38 bits per heavy atom. The van der Waals surface area contributed by atoms with Crippen LogP contribution in [0.4, 0.5) is 5.69 Å².